The number of rotatable bonds is 2. The number of thiocarbonyl (C=S) groups is 1. The lowest BCUT2D eigenvalue weighted by Gasteiger charge is -2.18. The van der Waals surface area contributed by atoms with E-state index in [0.717, 1.165) is 11.3 Å². The van der Waals surface area contributed by atoms with Gasteiger partial charge in [-0.05, 0) is 26.8 Å². The molecule has 2 rings (SSSR count). The second-order valence-corrected chi connectivity index (χ2v) is 6.13. The highest BCUT2D eigenvalue weighted by Gasteiger charge is 2.33. The lowest BCUT2D eigenvalue weighted by atomic mass is 10.2. The molecule has 1 aromatic heterocycles. The zero-order chi connectivity index (χ0) is 13.4. The largest absolute Gasteiger partial charge is 0.290 e. The van der Waals surface area contributed by atoms with E-state index in [4.69, 9.17) is 12.2 Å². The van der Waals surface area contributed by atoms with Crippen LogP contribution in [0.1, 0.15) is 25.1 Å². The van der Waals surface area contributed by atoms with Crippen LogP contribution < -0.4 is 0 Å². The van der Waals surface area contributed by atoms with Gasteiger partial charge in [-0.15, -0.1) is 0 Å². The van der Waals surface area contributed by atoms with Crippen molar-refractivity contribution in [1.29, 1.82) is 0 Å². The Balaban J connectivity index is 2.34. The van der Waals surface area contributed by atoms with Gasteiger partial charge in [-0.2, -0.15) is 5.10 Å². The summed E-state index contributed by atoms with van der Waals surface area (Å²) in [5, 5.41) is 4.16. The maximum atomic E-state index is 12.2. The van der Waals surface area contributed by atoms with Crippen molar-refractivity contribution in [3.8, 4) is 0 Å². The van der Waals surface area contributed by atoms with Gasteiger partial charge in [0.15, 0.2) is 0 Å². The summed E-state index contributed by atoms with van der Waals surface area (Å²) in [6.07, 6.45) is 3.63. The molecule has 6 heteroatoms. The highest BCUT2D eigenvalue weighted by molar-refractivity contribution is 8.26. The van der Waals surface area contributed by atoms with Crippen molar-refractivity contribution in [2.24, 2.45) is 7.05 Å². The maximum Gasteiger partial charge on any atom is 0.266 e. The Hall–Kier alpha value is -1.14. The lowest BCUT2D eigenvalue weighted by molar-refractivity contribution is -0.123. The molecule has 1 saturated heterocycles. The van der Waals surface area contributed by atoms with E-state index < -0.39 is 0 Å². The number of hydrogen-bond donors (Lipinski definition) is 0. The van der Waals surface area contributed by atoms with Crippen LogP contribution in [0.5, 0.6) is 0 Å². The van der Waals surface area contributed by atoms with E-state index >= 15 is 0 Å². The van der Waals surface area contributed by atoms with Crippen molar-refractivity contribution >= 4 is 40.3 Å². The standard InChI is InChI=1S/C12H15N3OS2/c1-7(2)15-11(16)10(18-12(15)17)5-9-6-13-14(4)8(9)3/h5-7H,1-4H3. The van der Waals surface area contributed by atoms with Gasteiger partial charge < -0.3 is 0 Å². The number of carbonyl (C=O) groups is 1. The van der Waals surface area contributed by atoms with Gasteiger partial charge in [-0.25, -0.2) is 0 Å². The molecule has 1 amide bonds. The van der Waals surface area contributed by atoms with Crippen molar-refractivity contribution in [3.05, 3.63) is 22.4 Å². The molecule has 0 N–H and O–H groups in total. The summed E-state index contributed by atoms with van der Waals surface area (Å²) in [5.74, 6) is -0.0109. The molecule has 0 radical (unpaired) electrons. The number of amides is 1. The molecule has 1 aromatic rings. The van der Waals surface area contributed by atoms with Crippen molar-refractivity contribution in [2.75, 3.05) is 0 Å². The maximum absolute atomic E-state index is 12.2. The van der Waals surface area contributed by atoms with Gasteiger partial charge in [0.2, 0.25) is 0 Å². The van der Waals surface area contributed by atoms with Crippen molar-refractivity contribution in [1.82, 2.24) is 14.7 Å². The van der Waals surface area contributed by atoms with Crippen LogP contribution in [0.2, 0.25) is 0 Å². The fourth-order valence-corrected chi connectivity index (χ4v) is 3.24. The molecule has 0 spiro atoms. The Morgan fingerprint density at radius 2 is 2.17 bits per heavy atom. The monoisotopic (exact) mass is 281 g/mol. The van der Waals surface area contributed by atoms with Gasteiger partial charge in [0.25, 0.3) is 5.91 Å². The second-order valence-electron chi connectivity index (χ2n) is 4.45. The van der Waals surface area contributed by atoms with Crippen LogP contribution in [0.3, 0.4) is 0 Å². The fraction of sp³-hybridized carbons (Fsp3) is 0.417. The third-order valence-electron chi connectivity index (χ3n) is 2.90. The summed E-state index contributed by atoms with van der Waals surface area (Å²) in [7, 11) is 1.88. The molecule has 96 valence electrons. The Morgan fingerprint density at radius 1 is 1.50 bits per heavy atom. The van der Waals surface area contributed by atoms with E-state index in [9.17, 15) is 4.79 Å². The first-order valence-electron chi connectivity index (χ1n) is 5.67. The highest BCUT2D eigenvalue weighted by atomic mass is 32.2. The first-order valence-corrected chi connectivity index (χ1v) is 6.90. The molecule has 1 fully saturated rings. The van der Waals surface area contributed by atoms with E-state index in [1.54, 1.807) is 15.8 Å². The molecular weight excluding hydrogens is 266 g/mol. The molecule has 1 aliphatic rings. The van der Waals surface area contributed by atoms with E-state index in [-0.39, 0.29) is 11.9 Å². The zero-order valence-electron chi connectivity index (χ0n) is 10.8. The molecular formula is C12H15N3OS2. The van der Waals surface area contributed by atoms with Crippen LogP contribution in [0, 0.1) is 6.92 Å². The van der Waals surface area contributed by atoms with Crippen LogP contribution in [-0.4, -0.2) is 30.9 Å². The quantitative estimate of drug-likeness (QED) is 0.616. The molecule has 0 atom stereocenters. The minimum absolute atomic E-state index is 0.0109. The third-order valence-corrected chi connectivity index (χ3v) is 4.23. The number of nitrogens with zero attached hydrogens (tertiary/aromatic N) is 3. The minimum atomic E-state index is -0.0109. The Labute approximate surface area is 116 Å². The van der Waals surface area contributed by atoms with Gasteiger partial charge in [-0.3, -0.25) is 14.4 Å². The number of hydrogen-bond acceptors (Lipinski definition) is 4. The summed E-state index contributed by atoms with van der Waals surface area (Å²) in [5.41, 5.74) is 1.99. The average Bonchev–Trinajstić information content (AvgIpc) is 2.73. The molecule has 1 aliphatic heterocycles. The molecule has 2 heterocycles. The van der Waals surface area contributed by atoms with E-state index in [1.165, 1.54) is 11.8 Å². The second kappa shape index (κ2) is 4.85. The van der Waals surface area contributed by atoms with E-state index in [0.29, 0.717) is 9.23 Å². The van der Waals surface area contributed by atoms with Crippen LogP contribution in [0.4, 0.5) is 0 Å². The number of thioether (sulfide) groups is 1. The number of carbonyl (C=O) groups excluding carboxylic acids is 1. The van der Waals surface area contributed by atoms with Gasteiger partial charge in [-0.1, -0.05) is 24.0 Å². The number of aryl methyl sites for hydroxylation is 1. The predicted molar refractivity (Wildman–Crippen MR) is 78.1 cm³/mol. The van der Waals surface area contributed by atoms with Gasteiger partial charge >= 0.3 is 0 Å². The molecule has 18 heavy (non-hydrogen) atoms. The van der Waals surface area contributed by atoms with Gasteiger partial charge in [0, 0.05) is 24.3 Å². The minimum Gasteiger partial charge on any atom is -0.290 e. The van der Waals surface area contributed by atoms with Crippen molar-refractivity contribution < 1.29 is 4.79 Å². The van der Waals surface area contributed by atoms with Crippen molar-refractivity contribution in [2.45, 2.75) is 26.8 Å². The van der Waals surface area contributed by atoms with Gasteiger partial charge in [0.1, 0.15) is 4.32 Å². The summed E-state index contributed by atoms with van der Waals surface area (Å²) in [4.78, 5) is 14.5. The Morgan fingerprint density at radius 3 is 2.61 bits per heavy atom. The van der Waals surface area contributed by atoms with E-state index in [2.05, 4.69) is 5.10 Å². The molecule has 0 saturated carbocycles. The molecule has 0 unspecified atom stereocenters. The topological polar surface area (TPSA) is 38.1 Å². The SMILES string of the molecule is Cc1c(C=C2SC(=S)N(C(C)C)C2=O)cnn1C. The van der Waals surface area contributed by atoms with Crippen LogP contribution in [0.15, 0.2) is 11.1 Å². The van der Waals surface area contributed by atoms with E-state index in [1.807, 2.05) is 33.9 Å². The van der Waals surface area contributed by atoms with Crippen molar-refractivity contribution in [3.63, 3.8) is 0 Å². The molecule has 0 bridgehead atoms. The normalized spacial score (nSPS) is 18.5. The first-order chi connectivity index (χ1) is 8.41. The Kier molecular flexibility index (Phi) is 3.59. The first kappa shape index (κ1) is 13.3. The average molecular weight is 281 g/mol. The van der Waals surface area contributed by atoms with Crippen LogP contribution >= 0.6 is 24.0 Å². The third kappa shape index (κ3) is 2.22. The smallest absolute Gasteiger partial charge is 0.266 e. The fourth-order valence-electron chi connectivity index (χ4n) is 1.72. The molecule has 4 nitrogen and oxygen atoms in total. The van der Waals surface area contributed by atoms with Crippen LogP contribution in [0.25, 0.3) is 6.08 Å². The predicted octanol–water partition coefficient (Wildman–Crippen LogP) is 2.34. The van der Waals surface area contributed by atoms with Gasteiger partial charge in [0.05, 0.1) is 11.1 Å². The molecule has 0 aliphatic carbocycles. The van der Waals surface area contributed by atoms with Crippen LogP contribution in [-0.2, 0) is 11.8 Å². The highest BCUT2D eigenvalue weighted by Crippen LogP contribution is 2.34. The molecule has 0 aromatic carbocycles. The summed E-state index contributed by atoms with van der Waals surface area (Å²) < 4.78 is 2.41. The summed E-state index contributed by atoms with van der Waals surface area (Å²) in [6, 6.07) is 0.0957. The summed E-state index contributed by atoms with van der Waals surface area (Å²) >= 11 is 6.59. The Bertz CT molecular complexity index is 546. The summed E-state index contributed by atoms with van der Waals surface area (Å²) in [6.45, 7) is 5.90. The lowest BCUT2D eigenvalue weighted by Crippen LogP contribution is -2.34. The number of aromatic nitrogens is 2. The zero-order valence-corrected chi connectivity index (χ0v) is 12.4.